The highest BCUT2D eigenvalue weighted by Crippen LogP contribution is 2.10. The van der Waals surface area contributed by atoms with Crippen molar-refractivity contribution < 1.29 is 14.9 Å². The van der Waals surface area contributed by atoms with Crippen LogP contribution in [0.1, 0.15) is 77.6 Å². The molecular weight excluding hydrogens is 282 g/mol. The lowest BCUT2D eigenvalue weighted by Crippen LogP contribution is -2.33. The van der Waals surface area contributed by atoms with Gasteiger partial charge < -0.3 is 25.2 Å². The molecule has 0 aliphatic heterocycles. The zero-order chi connectivity index (χ0) is 16.5. The van der Waals surface area contributed by atoms with E-state index in [9.17, 15) is 10.3 Å². The van der Waals surface area contributed by atoms with Gasteiger partial charge in [0.1, 0.15) is 0 Å². The Kier molecular flexibility index (Phi) is 17.0. The van der Waals surface area contributed by atoms with Crippen LogP contribution in [0.3, 0.4) is 0 Å². The van der Waals surface area contributed by atoms with Crippen molar-refractivity contribution in [1.82, 2.24) is 5.06 Å². The van der Waals surface area contributed by atoms with Gasteiger partial charge >= 0.3 is 0 Å². The van der Waals surface area contributed by atoms with Crippen LogP contribution < -0.4 is 0 Å². The molecule has 2 N–H and O–H groups in total. The molecule has 0 heterocycles. The van der Waals surface area contributed by atoms with Crippen LogP contribution in [-0.4, -0.2) is 47.9 Å². The van der Waals surface area contributed by atoms with E-state index in [1.165, 1.54) is 57.8 Å². The van der Waals surface area contributed by atoms with E-state index in [2.05, 4.69) is 6.92 Å². The van der Waals surface area contributed by atoms with Crippen molar-refractivity contribution in [3.05, 3.63) is 5.21 Å². The normalized spacial score (nSPS) is 13.0. The van der Waals surface area contributed by atoms with Crippen molar-refractivity contribution in [2.45, 2.75) is 83.8 Å². The van der Waals surface area contributed by atoms with E-state index in [1.807, 2.05) is 0 Å². The van der Waals surface area contributed by atoms with Crippen LogP contribution in [0.5, 0.6) is 0 Å². The molecule has 1 atom stereocenters. The van der Waals surface area contributed by atoms with Gasteiger partial charge in [-0.3, -0.25) is 0 Å². The molecule has 0 aliphatic carbocycles. The highest BCUT2D eigenvalue weighted by atomic mass is 16.5. The first-order valence-electron chi connectivity index (χ1n) is 9.02. The third-order valence-corrected chi connectivity index (χ3v) is 3.82. The van der Waals surface area contributed by atoms with Gasteiger partial charge in [0.15, 0.2) is 0 Å². The number of ether oxygens (including phenoxy) is 1. The van der Waals surface area contributed by atoms with Gasteiger partial charge in [-0.2, -0.15) is 0 Å². The Morgan fingerprint density at radius 3 is 2.00 bits per heavy atom. The Balaban J connectivity index is 3.14. The number of hydrogen-bond acceptors (Lipinski definition) is 5. The zero-order valence-corrected chi connectivity index (χ0v) is 14.3. The Bertz CT molecular complexity index is 217. The third kappa shape index (κ3) is 14.7. The van der Waals surface area contributed by atoms with Crippen LogP contribution in [0.25, 0.3) is 0 Å². The number of aliphatic hydroxyl groups excluding tert-OH is 2. The fourth-order valence-electron chi connectivity index (χ4n) is 2.37. The lowest BCUT2D eigenvalue weighted by Gasteiger charge is -2.32. The maximum absolute atomic E-state index is 11.1. The van der Waals surface area contributed by atoms with Crippen LogP contribution in [-0.2, 0) is 4.74 Å². The SMILES string of the molecule is CCCCCCCCCCCCOCCC(O)N([O-])CCO. The van der Waals surface area contributed by atoms with Crippen LogP contribution in [0.15, 0.2) is 0 Å². The minimum Gasteiger partial charge on any atom is -0.783 e. The van der Waals surface area contributed by atoms with Crippen molar-refractivity contribution in [3.63, 3.8) is 0 Å². The highest BCUT2D eigenvalue weighted by molar-refractivity contribution is 4.60. The molecule has 0 amide bonds. The monoisotopic (exact) mass is 318 g/mol. The predicted molar refractivity (Wildman–Crippen MR) is 90.4 cm³/mol. The Morgan fingerprint density at radius 1 is 0.909 bits per heavy atom. The molecule has 0 radical (unpaired) electrons. The maximum atomic E-state index is 11.1. The van der Waals surface area contributed by atoms with Crippen molar-refractivity contribution in [2.24, 2.45) is 0 Å². The van der Waals surface area contributed by atoms with Crippen LogP contribution in [0.2, 0.25) is 0 Å². The molecule has 22 heavy (non-hydrogen) atoms. The van der Waals surface area contributed by atoms with Gasteiger partial charge in [-0.1, -0.05) is 64.7 Å². The van der Waals surface area contributed by atoms with Gasteiger partial charge in [-0.15, -0.1) is 0 Å². The number of aliphatic hydroxyl groups is 2. The van der Waals surface area contributed by atoms with Gasteiger partial charge in [0.2, 0.25) is 0 Å². The lowest BCUT2D eigenvalue weighted by atomic mass is 10.1. The fourth-order valence-corrected chi connectivity index (χ4v) is 2.37. The molecule has 0 aromatic heterocycles. The minimum atomic E-state index is -1.07. The molecule has 0 rings (SSSR count). The summed E-state index contributed by atoms with van der Waals surface area (Å²) in [5, 5.41) is 29.7. The number of hydroxylamine groups is 2. The van der Waals surface area contributed by atoms with E-state index in [-0.39, 0.29) is 13.2 Å². The second kappa shape index (κ2) is 17.2. The average Bonchev–Trinajstić information content (AvgIpc) is 2.51. The fraction of sp³-hybridized carbons (Fsp3) is 1.00. The molecule has 0 aromatic carbocycles. The largest absolute Gasteiger partial charge is 0.783 e. The predicted octanol–water partition coefficient (Wildman–Crippen LogP) is 3.42. The van der Waals surface area contributed by atoms with Crippen molar-refractivity contribution in [2.75, 3.05) is 26.4 Å². The first-order chi connectivity index (χ1) is 10.7. The van der Waals surface area contributed by atoms with Crippen LogP contribution in [0, 0.1) is 5.21 Å². The van der Waals surface area contributed by atoms with Crippen LogP contribution in [0.4, 0.5) is 0 Å². The first-order valence-corrected chi connectivity index (χ1v) is 9.02. The van der Waals surface area contributed by atoms with E-state index < -0.39 is 6.23 Å². The molecule has 1 unspecified atom stereocenters. The van der Waals surface area contributed by atoms with Gasteiger partial charge in [-0.05, 0) is 6.42 Å². The number of nitrogens with zero attached hydrogens (tertiary/aromatic N) is 1. The first kappa shape index (κ1) is 21.8. The minimum absolute atomic E-state index is 0.0559. The highest BCUT2D eigenvalue weighted by Gasteiger charge is 2.05. The molecule has 0 saturated heterocycles. The van der Waals surface area contributed by atoms with Crippen molar-refractivity contribution in [1.29, 1.82) is 0 Å². The number of unbranched alkanes of at least 4 members (excludes halogenated alkanes) is 9. The molecule has 5 heteroatoms. The number of rotatable bonds is 17. The third-order valence-electron chi connectivity index (χ3n) is 3.82. The summed E-state index contributed by atoms with van der Waals surface area (Å²) in [7, 11) is 0. The molecule has 0 fully saturated rings. The van der Waals surface area contributed by atoms with E-state index >= 15 is 0 Å². The van der Waals surface area contributed by atoms with E-state index in [4.69, 9.17) is 9.84 Å². The van der Waals surface area contributed by atoms with Gasteiger partial charge in [-0.25, -0.2) is 0 Å². The van der Waals surface area contributed by atoms with E-state index in [0.29, 0.717) is 24.7 Å². The van der Waals surface area contributed by atoms with E-state index in [1.54, 1.807) is 0 Å². The summed E-state index contributed by atoms with van der Waals surface area (Å²) in [4.78, 5) is 0. The summed E-state index contributed by atoms with van der Waals surface area (Å²) in [5.74, 6) is 0. The van der Waals surface area contributed by atoms with Gasteiger partial charge in [0, 0.05) is 19.6 Å². The zero-order valence-electron chi connectivity index (χ0n) is 14.3. The summed E-state index contributed by atoms with van der Waals surface area (Å²) in [5.41, 5.74) is 0. The summed E-state index contributed by atoms with van der Waals surface area (Å²) in [6.45, 7) is 3.04. The molecule has 0 saturated carbocycles. The standard InChI is InChI=1S/C17H36NO4/c1-2-3-4-5-6-7-8-9-10-11-15-22-16-12-17(20)18(21)13-14-19/h17,19-20H,2-16H2,1H3/q-1. The molecule has 0 aliphatic rings. The summed E-state index contributed by atoms with van der Waals surface area (Å²) in [6, 6.07) is 0. The molecule has 5 nitrogen and oxygen atoms in total. The van der Waals surface area contributed by atoms with Gasteiger partial charge in [0.25, 0.3) is 0 Å². The Hall–Kier alpha value is -0.200. The quantitative estimate of drug-likeness (QED) is 0.244. The summed E-state index contributed by atoms with van der Waals surface area (Å²) in [6.07, 6.45) is 12.2. The smallest absolute Gasteiger partial charge is 0.0979 e. The second-order valence-corrected chi connectivity index (χ2v) is 5.93. The molecule has 0 spiro atoms. The Labute approximate surface area is 136 Å². The summed E-state index contributed by atoms with van der Waals surface area (Å²) < 4.78 is 5.42. The van der Waals surface area contributed by atoms with Crippen molar-refractivity contribution >= 4 is 0 Å². The maximum Gasteiger partial charge on any atom is 0.0979 e. The van der Waals surface area contributed by atoms with Crippen LogP contribution >= 0.6 is 0 Å². The van der Waals surface area contributed by atoms with Crippen molar-refractivity contribution in [3.8, 4) is 0 Å². The second-order valence-electron chi connectivity index (χ2n) is 5.93. The summed E-state index contributed by atoms with van der Waals surface area (Å²) >= 11 is 0. The molecule has 0 bridgehead atoms. The molecular formula is C17H36NO4-. The van der Waals surface area contributed by atoms with E-state index in [0.717, 1.165) is 6.42 Å². The molecule has 0 aromatic rings. The lowest BCUT2D eigenvalue weighted by molar-refractivity contribution is -0.00305. The average molecular weight is 318 g/mol. The number of hydrogen-bond donors (Lipinski definition) is 2. The molecule has 134 valence electrons. The Morgan fingerprint density at radius 2 is 1.45 bits per heavy atom. The topological polar surface area (TPSA) is 76.0 Å². The van der Waals surface area contributed by atoms with Gasteiger partial charge in [0.05, 0.1) is 19.4 Å².